The molecule has 0 saturated heterocycles. The fourth-order valence-corrected chi connectivity index (χ4v) is 4.77. The highest BCUT2D eigenvalue weighted by molar-refractivity contribution is 7.99. The third-order valence-electron chi connectivity index (χ3n) is 3.88. The van der Waals surface area contributed by atoms with E-state index in [0.29, 0.717) is 0 Å². The van der Waals surface area contributed by atoms with Gasteiger partial charge in [-0.05, 0) is 30.2 Å². The van der Waals surface area contributed by atoms with Crippen molar-refractivity contribution in [1.82, 2.24) is 15.0 Å². The van der Waals surface area contributed by atoms with Crippen molar-refractivity contribution in [3.05, 3.63) is 54.4 Å². The summed E-state index contributed by atoms with van der Waals surface area (Å²) in [5.41, 5.74) is 1.13. The minimum absolute atomic E-state index is 0.0140. The molecule has 8 heteroatoms. The highest BCUT2D eigenvalue weighted by atomic mass is 32.2. The molecule has 1 aliphatic heterocycles. The third kappa shape index (κ3) is 4.59. The average molecular weight is 377 g/mol. The zero-order valence-electron chi connectivity index (χ0n) is 13.5. The molecule has 2 aromatic rings. The van der Waals surface area contributed by atoms with Gasteiger partial charge in [0.25, 0.3) is 0 Å². The van der Waals surface area contributed by atoms with E-state index in [1.54, 1.807) is 17.8 Å². The van der Waals surface area contributed by atoms with Crippen LogP contribution in [0.25, 0.3) is 0 Å². The molecular formula is C17H19N3O3S2. The van der Waals surface area contributed by atoms with Gasteiger partial charge in [-0.1, -0.05) is 18.2 Å². The van der Waals surface area contributed by atoms with Crippen LogP contribution in [0.1, 0.15) is 24.4 Å². The van der Waals surface area contributed by atoms with Gasteiger partial charge in [0.15, 0.2) is 0 Å². The molecule has 1 atom stereocenters. The summed E-state index contributed by atoms with van der Waals surface area (Å²) >= 11 is 1.79. The van der Waals surface area contributed by atoms with Gasteiger partial charge in [-0.15, -0.1) is 11.8 Å². The number of pyridine rings is 1. The van der Waals surface area contributed by atoms with Gasteiger partial charge in [-0.3, -0.25) is 9.78 Å². The van der Waals surface area contributed by atoms with Gasteiger partial charge in [0.2, 0.25) is 15.9 Å². The second-order valence-electron chi connectivity index (χ2n) is 5.63. The number of nitrogens with one attached hydrogen (secondary N) is 2. The molecule has 0 spiro atoms. The van der Waals surface area contributed by atoms with Crippen LogP contribution < -0.4 is 10.0 Å². The number of aromatic nitrogens is 1. The Balaban J connectivity index is 1.53. The number of carbonyl (C=O) groups is 1. The highest BCUT2D eigenvalue weighted by Gasteiger charge is 2.22. The van der Waals surface area contributed by atoms with Crippen LogP contribution in [-0.2, 0) is 14.8 Å². The maximum atomic E-state index is 12.2. The van der Waals surface area contributed by atoms with Crippen LogP contribution in [0.4, 0.5) is 0 Å². The average Bonchev–Trinajstić information content (AvgIpc) is 2.63. The van der Waals surface area contributed by atoms with Crippen LogP contribution in [0.15, 0.2) is 58.6 Å². The van der Waals surface area contributed by atoms with E-state index in [1.165, 1.54) is 23.4 Å². The molecule has 1 aliphatic rings. The van der Waals surface area contributed by atoms with E-state index < -0.39 is 10.0 Å². The van der Waals surface area contributed by atoms with Crippen molar-refractivity contribution in [3.8, 4) is 0 Å². The van der Waals surface area contributed by atoms with Gasteiger partial charge < -0.3 is 5.32 Å². The maximum absolute atomic E-state index is 12.2. The molecule has 132 valence electrons. The number of carbonyl (C=O) groups excluding carboxylic acids is 1. The minimum atomic E-state index is -3.63. The van der Waals surface area contributed by atoms with Crippen LogP contribution in [-0.4, -0.2) is 31.6 Å². The zero-order valence-corrected chi connectivity index (χ0v) is 15.1. The van der Waals surface area contributed by atoms with Crippen molar-refractivity contribution in [3.63, 3.8) is 0 Å². The number of benzene rings is 1. The zero-order chi connectivity index (χ0) is 17.7. The predicted molar refractivity (Wildman–Crippen MR) is 96.7 cm³/mol. The summed E-state index contributed by atoms with van der Waals surface area (Å²) in [6.07, 6.45) is 3.74. The van der Waals surface area contributed by atoms with Crippen LogP contribution in [0.2, 0.25) is 0 Å². The molecule has 3 rings (SSSR count). The number of sulfonamides is 1. The van der Waals surface area contributed by atoms with Gasteiger partial charge in [0, 0.05) is 36.0 Å². The normalized spacial score (nSPS) is 16.9. The maximum Gasteiger partial charge on any atom is 0.242 e. The number of fused-ring (bicyclic) bond motifs is 1. The molecule has 0 unspecified atom stereocenters. The first-order valence-corrected chi connectivity index (χ1v) is 10.4. The Labute approximate surface area is 151 Å². The van der Waals surface area contributed by atoms with Gasteiger partial charge in [-0.2, -0.15) is 0 Å². The standard InChI is InChI=1S/C17H19N3O3S2/c21-17(7-10-19-25(22,23)13-4-3-9-18-12-13)20-15-8-11-24-16-6-2-1-5-14(15)16/h1-6,9,12,15,19H,7-8,10-11H2,(H,20,21)/t15-/m1/s1. The van der Waals surface area contributed by atoms with Gasteiger partial charge in [0.1, 0.15) is 4.90 Å². The van der Waals surface area contributed by atoms with Gasteiger partial charge >= 0.3 is 0 Å². The summed E-state index contributed by atoms with van der Waals surface area (Å²) in [5.74, 6) is 0.788. The summed E-state index contributed by atoms with van der Waals surface area (Å²) in [5, 5.41) is 3.00. The molecule has 0 saturated carbocycles. The summed E-state index contributed by atoms with van der Waals surface area (Å²) < 4.78 is 26.6. The number of hydrogen-bond acceptors (Lipinski definition) is 5. The van der Waals surface area contributed by atoms with Crippen molar-refractivity contribution in [2.75, 3.05) is 12.3 Å². The van der Waals surface area contributed by atoms with E-state index in [4.69, 9.17) is 0 Å². The topological polar surface area (TPSA) is 88.2 Å². The van der Waals surface area contributed by atoms with E-state index in [-0.39, 0.29) is 29.8 Å². The highest BCUT2D eigenvalue weighted by Crippen LogP contribution is 2.35. The molecule has 6 nitrogen and oxygen atoms in total. The van der Waals surface area contributed by atoms with Crippen molar-refractivity contribution >= 4 is 27.7 Å². The lowest BCUT2D eigenvalue weighted by Gasteiger charge is -2.25. The number of rotatable bonds is 6. The largest absolute Gasteiger partial charge is 0.349 e. The van der Waals surface area contributed by atoms with E-state index in [2.05, 4.69) is 21.1 Å². The predicted octanol–water partition coefficient (Wildman–Crippen LogP) is 2.10. The van der Waals surface area contributed by atoms with Crippen molar-refractivity contribution in [2.45, 2.75) is 28.7 Å². The van der Waals surface area contributed by atoms with Crippen LogP contribution >= 0.6 is 11.8 Å². The Hall–Kier alpha value is -1.90. The first-order chi connectivity index (χ1) is 12.1. The second kappa shape index (κ2) is 7.99. The molecule has 0 aliphatic carbocycles. The van der Waals surface area contributed by atoms with E-state index in [9.17, 15) is 13.2 Å². The van der Waals surface area contributed by atoms with Gasteiger partial charge in [-0.25, -0.2) is 13.1 Å². The summed E-state index contributed by atoms with van der Waals surface area (Å²) in [7, 11) is -3.63. The molecule has 0 bridgehead atoms. The van der Waals surface area contributed by atoms with Crippen LogP contribution in [0.3, 0.4) is 0 Å². The number of thioether (sulfide) groups is 1. The van der Waals surface area contributed by atoms with E-state index in [1.807, 2.05) is 18.2 Å². The fourth-order valence-electron chi connectivity index (χ4n) is 2.65. The lowest BCUT2D eigenvalue weighted by Crippen LogP contribution is -2.34. The summed E-state index contributed by atoms with van der Waals surface area (Å²) in [6.45, 7) is 0.0478. The van der Waals surface area contributed by atoms with E-state index >= 15 is 0 Å². The Morgan fingerprint density at radius 1 is 1.24 bits per heavy atom. The molecule has 25 heavy (non-hydrogen) atoms. The Morgan fingerprint density at radius 3 is 2.88 bits per heavy atom. The smallest absolute Gasteiger partial charge is 0.242 e. The van der Waals surface area contributed by atoms with Crippen LogP contribution in [0.5, 0.6) is 0 Å². The second-order valence-corrected chi connectivity index (χ2v) is 8.54. The molecule has 1 aromatic carbocycles. The van der Waals surface area contributed by atoms with Gasteiger partial charge in [0.05, 0.1) is 6.04 Å². The fraction of sp³-hybridized carbons (Fsp3) is 0.294. The molecule has 1 aromatic heterocycles. The first kappa shape index (κ1) is 17.9. The number of hydrogen-bond donors (Lipinski definition) is 2. The number of amides is 1. The summed E-state index contributed by atoms with van der Waals surface area (Å²) in [6, 6.07) is 11.0. The first-order valence-electron chi connectivity index (χ1n) is 7.97. The van der Waals surface area contributed by atoms with Crippen molar-refractivity contribution in [1.29, 1.82) is 0 Å². The lowest BCUT2D eigenvalue weighted by molar-refractivity contribution is -0.121. The third-order valence-corrected chi connectivity index (χ3v) is 6.45. The summed E-state index contributed by atoms with van der Waals surface area (Å²) in [4.78, 5) is 17.3. The monoisotopic (exact) mass is 377 g/mol. The molecule has 0 fully saturated rings. The van der Waals surface area contributed by atoms with Crippen LogP contribution in [0, 0.1) is 0 Å². The molecular weight excluding hydrogens is 358 g/mol. The molecule has 2 heterocycles. The minimum Gasteiger partial charge on any atom is -0.349 e. The Kier molecular flexibility index (Phi) is 5.72. The Bertz CT molecular complexity index is 841. The quantitative estimate of drug-likeness (QED) is 0.805. The molecule has 0 radical (unpaired) electrons. The Morgan fingerprint density at radius 2 is 2.08 bits per heavy atom. The molecule has 1 amide bonds. The molecule has 2 N–H and O–H groups in total. The van der Waals surface area contributed by atoms with Crippen molar-refractivity contribution in [2.24, 2.45) is 0 Å². The van der Waals surface area contributed by atoms with E-state index in [0.717, 1.165) is 17.7 Å². The number of nitrogens with zero attached hydrogens (tertiary/aromatic N) is 1. The SMILES string of the molecule is O=C(CCNS(=O)(=O)c1cccnc1)N[C@@H]1CCSc2ccccc21. The lowest BCUT2D eigenvalue weighted by atomic mass is 10.0. The van der Waals surface area contributed by atoms with Crippen molar-refractivity contribution < 1.29 is 13.2 Å².